The quantitative estimate of drug-likeness (QED) is 0.553. The van der Waals surface area contributed by atoms with Gasteiger partial charge in [0.15, 0.2) is 18.2 Å². The number of nitrogens with zero attached hydrogens (tertiary/aromatic N) is 1. The summed E-state index contributed by atoms with van der Waals surface area (Å²) in [4.78, 5) is 11.1. The molecule has 0 aliphatic rings. The van der Waals surface area contributed by atoms with Crippen molar-refractivity contribution < 1.29 is 9.36 Å². The van der Waals surface area contributed by atoms with Gasteiger partial charge in [-0.1, -0.05) is 0 Å². The number of aromatic nitrogens is 1. The number of ketones is 1. The van der Waals surface area contributed by atoms with Crippen molar-refractivity contribution in [2.75, 3.05) is 0 Å². The molecule has 0 radical (unpaired) electrons. The number of rotatable bonds is 2. The molecule has 0 saturated heterocycles. The zero-order valence-corrected chi connectivity index (χ0v) is 9.47. The SMILES string of the molecule is CC(=O)c1ccc(-[n+]2ccc(C)cc2)cc1. The average molecular weight is 212 g/mol. The summed E-state index contributed by atoms with van der Waals surface area (Å²) in [6, 6.07) is 11.7. The molecule has 0 unspecified atom stereocenters. The minimum absolute atomic E-state index is 0.0976. The largest absolute Gasteiger partial charge is 0.295 e. The van der Waals surface area contributed by atoms with Crippen molar-refractivity contribution in [3.8, 4) is 5.69 Å². The van der Waals surface area contributed by atoms with Gasteiger partial charge in [-0.05, 0) is 31.5 Å². The van der Waals surface area contributed by atoms with Crippen molar-refractivity contribution in [1.29, 1.82) is 0 Å². The Bertz CT molecular complexity index is 497. The molecule has 2 heteroatoms. The molecule has 1 aromatic carbocycles. The lowest BCUT2D eigenvalue weighted by molar-refractivity contribution is -0.595. The maximum Gasteiger partial charge on any atom is 0.210 e. The number of aryl methyl sites for hydroxylation is 1. The van der Waals surface area contributed by atoms with Gasteiger partial charge in [0.05, 0.1) is 0 Å². The van der Waals surface area contributed by atoms with Gasteiger partial charge in [0, 0.05) is 29.8 Å². The van der Waals surface area contributed by atoms with E-state index in [4.69, 9.17) is 0 Å². The van der Waals surface area contributed by atoms with Gasteiger partial charge < -0.3 is 0 Å². The summed E-state index contributed by atoms with van der Waals surface area (Å²) in [6.45, 7) is 3.64. The molecule has 0 amide bonds. The second kappa shape index (κ2) is 4.27. The summed E-state index contributed by atoms with van der Waals surface area (Å²) >= 11 is 0. The highest BCUT2D eigenvalue weighted by Gasteiger charge is 2.05. The van der Waals surface area contributed by atoms with Crippen LogP contribution < -0.4 is 4.57 Å². The highest BCUT2D eigenvalue weighted by atomic mass is 16.1. The standard InChI is InChI=1S/C14H14NO/c1-11-7-9-15(10-8-11)14-5-3-13(4-6-14)12(2)16/h3-10H,1-2H3/q+1. The number of carbonyl (C=O) groups excluding carboxylic acids is 1. The van der Waals surface area contributed by atoms with Gasteiger partial charge in [0.25, 0.3) is 0 Å². The van der Waals surface area contributed by atoms with E-state index in [1.807, 2.05) is 41.2 Å². The lowest BCUT2D eigenvalue weighted by Crippen LogP contribution is -2.29. The third kappa shape index (κ3) is 2.16. The first-order valence-corrected chi connectivity index (χ1v) is 5.26. The second-order valence-electron chi connectivity index (χ2n) is 3.89. The summed E-state index contributed by atoms with van der Waals surface area (Å²) in [5.41, 5.74) is 3.04. The number of carbonyl (C=O) groups is 1. The summed E-state index contributed by atoms with van der Waals surface area (Å²) < 4.78 is 2.02. The van der Waals surface area contributed by atoms with E-state index in [1.165, 1.54) is 5.56 Å². The van der Waals surface area contributed by atoms with Crippen molar-refractivity contribution in [1.82, 2.24) is 0 Å². The lowest BCUT2D eigenvalue weighted by atomic mass is 10.1. The van der Waals surface area contributed by atoms with E-state index in [-0.39, 0.29) is 5.78 Å². The molecule has 0 bridgehead atoms. The topological polar surface area (TPSA) is 20.9 Å². The fourth-order valence-corrected chi connectivity index (χ4v) is 1.54. The summed E-state index contributed by atoms with van der Waals surface area (Å²) in [5, 5.41) is 0. The van der Waals surface area contributed by atoms with Crippen LogP contribution in [0.1, 0.15) is 22.8 Å². The van der Waals surface area contributed by atoms with E-state index in [0.717, 1.165) is 11.3 Å². The first kappa shape index (κ1) is 10.6. The zero-order valence-electron chi connectivity index (χ0n) is 9.47. The van der Waals surface area contributed by atoms with E-state index >= 15 is 0 Å². The fourth-order valence-electron chi connectivity index (χ4n) is 1.54. The first-order valence-electron chi connectivity index (χ1n) is 5.26. The number of pyridine rings is 1. The maximum atomic E-state index is 11.1. The fraction of sp³-hybridized carbons (Fsp3) is 0.143. The lowest BCUT2D eigenvalue weighted by Gasteiger charge is -1.97. The number of hydrogen-bond acceptors (Lipinski definition) is 1. The predicted molar refractivity (Wildman–Crippen MR) is 62.7 cm³/mol. The molecular weight excluding hydrogens is 198 g/mol. The van der Waals surface area contributed by atoms with Crippen molar-refractivity contribution in [3.63, 3.8) is 0 Å². The predicted octanol–water partition coefficient (Wildman–Crippen LogP) is 2.47. The van der Waals surface area contributed by atoms with Crippen molar-refractivity contribution in [3.05, 3.63) is 59.9 Å². The monoisotopic (exact) mass is 212 g/mol. The van der Waals surface area contributed by atoms with Gasteiger partial charge in [0.1, 0.15) is 0 Å². The van der Waals surface area contributed by atoms with Crippen LogP contribution in [-0.2, 0) is 0 Å². The van der Waals surface area contributed by atoms with Crippen LogP contribution in [0.15, 0.2) is 48.8 Å². The molecular formula is C14H14NO+. The molecule has 2 nitrogen and oxygen atoms in total. The average Bonchev–Trinajstić information content (AvgIpc) is 2.30. The Balaban J connectivity index is 2.34. The van der Waals surface area contributed by atoms with Gasteiger partial charge in [-0.3, -0.25) is 4.79 Å². The Morgan fingerprint density at radius 1 is 1.00 bits per heavy atom. The Morgan fingerprint density at radius 2 is 1.56 bits per heavy atom. The van der Waals surface area contributed by atoms with Crippen LogP contribution in [0.3, 0.4) is 0 Å². The normalized spacial score (nSPS) is 10.1. The number of Topliss-reactive ketones (excluding diaryl/α,β-unsaturated/α-hetero) is 1. The smallest absolute Gasteiger partial charge is 0.210 e. The van der Waals surface area contributed by atoms with Crippen LogP contribution >= 0.6 is 0 Å². The molecule has 0 saturated carbocycles. The van der Waals surface area contributed by atoms with Crippen LogP contribution in [0, 0.1) is 6.92 Å². The van der Waals surface area contributed by atoms with Crippen LogP contribution in [-0.4, -0.2) is 5.78 Å². The van der Waals surface area contributed by atoms with Crippen molar-refractivity contribution in [2.45, 2.75) is 13.8 Å². The molecule has 2 aromatic rings. The van der Waals surface area contributed by atoms with E-state index in [9.17, 15) is 4.79 Å². The Hall–Kier alpha value is -1.96. The molecule has 0 spiro atoms. The maximum absolute atomic E-state index is 11.1. The van der Waals surface area contributed by atoms with Crippen LogP contribution in [0.4, 0.5) is 0 Å². The van der Waals surface area contributed by atoms with E-state index in [0.29, 0.717) is 0 Å². The van der Waals surface area contributed by atoms with Gasteiger partial charge in [-0.25, -0.2) is 0 Å². The van der Waals surface area contributed by atoms with Crippen LogP contribution in [0.5, 0.6) is 0 Å². The van der Waals surface area contributed by atoms with Crippen molar-refractivity contribution in [2.24, 2.45) is 0 Å². The molecule has 0 aliphatic carbocycles. The molecule has 0 aliphatic heterocycles. The number of hydrogen-bond donors (Lipinski definition) is 0. The van der Waals surface area contributed by atoms with E-state index in [1.54, 1.807) is 6.92 Å². The van der Waals surface area contributed by atoms with Gasteiger partial charge in [0.2, 0.25) is 5.69 Å². The third-order valence-electron chi connectivity index (χ3n) is 2.57. The van der Waals surface area contributed by atoms with Crippen LogP contribution in [0.2, 0.25) is 0 Å². The third-order valence-corrected chi connectivity index (χ3v) is 2.57. The van der Waals surface area contributed by atoms with E-state index < -0.39 is 0 Å². The molecule has 80 valence electrons. The molecule has 1 aromatic heterocycles. The molecule has 0 fully saturated rings. The molecule has 16 heavy (non-hydrogen) atoms. The zero-order chi connectivity index (χ0) is 11.5. The minimum Gasteiger partial charge on any atom is -0.295 e. The highest BCUT2D eigenvalue weighted by molar-refractivity contribution is 5.94. The van der Waals surface area contributed by atoms with Gasteiger partial charge in [-0.15, -0.1) is 0 Å². The Kier molecular flexibility index (Phi) is 2.82. The summed E-state index contributed by atoms with van der Waals surface area (Å²) in [5.74, 6) is 0.0976. The van der Waals surface area contributed by atoms with Gasteiger partial charge in [-0.2, -0.15) is 4.57 Å². The molecule has 2 rings (SSSR count). The van der Waals surface area contributed by atoms with Crippen LogP contribution in [0.25, 0.3) is 5.69 Å². The summed E-state index contributed by atoms with van der Waals surface area (Å²) in [7, 11) is 0. The molecule has 0 atom stereocenters. The first-order chi connectivity index (χ1) is 7.66. The molecule has 0 N–H and O–H groups in total. The van der Waals surface area contributed by atoms with E-state index in [2.05, 4.69) is 19.1 Å². The molecule has 1 heterocycles. The van der Waals surface area contributed by atoms with Gasteiger partial charge >= 0.3 is 0 Å². The number of benzene rings is 1. The Labute approximate surface area is 95.2 Å². The minimum atomic E-state index is 0.0976. The van der Waals surface area contributed by atoms with Crippen molar-refractivity contribution >= 4 is 5.78 Å². The Morgan fingerprint density at radius 3 is 2.06 bits per heavy atom. The highest BCUT2D eigenvalue weighted by Crippen LogP contribution is 2.05. The second-order valence-corrected chi connectivity index (χ2v) is 3.89. The summed E-state index contributed by atoms with van der Waals surface area (Å²) in [6.07, 6.45) is 4.02.